The number of halogens is 4. The van der Waals surface area contributed by atoms with Crippen molar-refractivity contribution in [3.63, 3.8) is 0 Å². The Morgan fingerprint density at radius 3 is 2.28 bits per heavy atom. The van der Waals surface area contributed by atoms with Gasteiger partial charge in [-0.15, -0.1) is 0 Å². The molecule has 0 aromatic heterocycles. The smallest absolute Gasteiger partial charge is 0.339 e. The lowest BCUT2D eigenvalue weighted by molar-refractivity contribution is -0.137. The van der Waals surface area contributed by atoms with E-state index in [1.807, 2.05) is 12.1 Å². The van der Waals surface area contributed by atoms with Crippen molar-refractivity contribution in [2.75, 3.05) is 13.1 Å². The zero-order valence-corrected chi connectivity index (χ0v) is 16.7. The number of aryl methyl sites for hydroxylation is 1. The Morgan fingerprint density at radius 2 is 1.69 bits per heavy atom. The third kappa shape index (κ3) is 5.38. The summed E-state index contributed by atoms with van der Waals surface area (Å²) in [5, 5.41) is 0.609. The Labute approximate surface area is 172 Å². The Hall–Kier alpha value is -2.34. The van der Waals surface area contributed by atoms with Crippen LogP contribution in [0.4, 0.5) is 13.2 Å². The number of Topliss-reactive ketones (excluding diaryl/α,β-unsaturated/α-hetero) is 1. The van der Waals surface area contributed by atoms with E-state index in [0.29, 0.717) is 42.9 Å². The van der Waals surface area contributed by atoms with Crippen LogP contribution >= 0.6 is 11.6 Å². The summed E-state index contributed by atoms with van der Waals surface area (Å²) >= 11 is 5.85. The number of rotatable bonds is 4. The minimum Gasteiger partial charge on any atom is -0.339 e. The molecule has 3 rings (SSSR count). The first-order valence-electron chi connectivity index (χ1n) is 9.39. The first kappa shape index (κ1) is 21.4. The maximum Gasteiger partial charge on any atom is 0.416 e. The summed E-state index contributed by atoms with van der Waals surface area (Å²) in [6.07, 6.45) is -3.17. The molecular formula is C22H21ClF3NO2. The van der Waals surface area contributed by atoms with Crippen LogP contribution in [0.15, 0.2) is 42.5 Å². The van der Waals surface area contributed by atoms with Crippen molar-refractivity contribution in [2.45, 2.75) is 32.4 Å². The molecule has 1 amide bonds. The molecule has 0 N–H and O–H groups in total. The summed E-state index contributed by atoms with van der Waals surface area (Å²) in [5.41, 5.74) is 0.477. The second-order valence-corrected chi connectivity index (χ2v) is 7.86. The van der Waals surface area contributed by atoms with E-state index in [1.165, 1.54) is 17.9 Å². The first-order chi connectivity index (χ1) is 13.6. The molecule has 1 saturated heterocycles. The molecule has 0 atom stereocenters. The molecule has 0 bridgehead atoms. The number of hydrogen-bond acceptors (Lipinski definition) is 2. The fraction of sp³-hybridized carbons (Fsp3) is 0.364. The minimum absolute atomic E-state index is 0.0308. The molecule has 2 aromatic rings. The predicted molar refractivity (Wildman–Crippen MR) is 105 cm³/mol. The zero-order valence-electron chi connectivity index (χ0n) is 15.9. The van der Waals surface area contributed by atoms with Gasteiger partial charge in [0.1, 0.15) is 5.78 Å². The molecule has 0 unspecified atom stereocenters. The Balaban J connectivity index is 1.61. The number of nitrogens with zero attached hydrogens (tertiary/aromatic N) is 1. The van der Waals surface area contributed by atoms with Crippen molar-refractivity contribution in [3.05, 3.63) is 69.7 Å². The van der Waals surface area contributed by atoms with Gasteiger partial charge in [-0.3, -0.25) is 9.59 Å². The van der Waals surface area contributed by atoms with Crippen molar-refractivity contribution in [1.29, 1.82) is 0 Å². The van der Waals surface area contributed by atoms with Crippen LogP contribution in [0.25, 0.3) is 0 Å². The highest BCUT2D eigenvalue weighted by Gasteiger charge is 2.33. The van der Waals surface area contributed by atoms with E-state index in [1.54, 1.807) is 12.1 Å². The van der Waals surface area contributed by atoms with Crippen molar-refractivity contribution in [2.24, 2.45) is 5.92 Å². The SMILES string of the molecule is Cc1cc(C(=O)N2CCC(C(=O)Cc3ccc(Cl)cc3)CC2)cc(C(F)(F)F)c1. The minimum atomic E-state index is -4.50. The van der Waals surface area contributed by atoms with Gasteiger partial charge in [-0.2, -0.15) is 13.2 Å². The highest BCUT2D eigenvalue weighted by molar-refractivity contribution is 6.30. The van der Waals surface area contributed by atoms with E-state index in [2.05, 4.69) is 0 Å². The third-order valence-electron chi connectivity index (χ3n) is 5.18. The number of alkyl halides is 3. The second kappa shape index (κ2) is 8.57. The van der Waals surface area contributed by atoms with Crippen LogP contribution in [0.5, 0.6) is 0 Å². The van der Waals surface area contributed by atoms with E-state index in [-0.39, 0.29) is 17.3 Å². The van der Waals surface area contributed by atoms with Crippen molar-refractivity contribution in [1.82, 2.24) is 4.90 Å². The standard InChI is InChI=1S/C22H21ClF3NO2/c1-14-10-17(13-18(11-14)22(24,25)26)21(29)27-8-6-16(7-9-27)20(28)12-15-2-4-19(23)5-3-15/h2-5,10-11,13,16H,6-9,12H2,1H3. The monoisotopic (exact) mass is 423 g/mol. The van der Waals surface area contributed by atoms with Gasteiger partial charge in [0, 0.05) is 36.0 Å². The first-order valence-corrected chi connectivity index (χ1v) is 9.76. The topological polar surface area (TPSA) is 37.4 Å². The number of benzene rings is 2. The summed E-state index contributed by atoms with van der Waals surface area (Å²) in [6, 6.07) is 10.5. The van der Waals surface area contributed by atoms with Crippen LogP contribution in [0.2, 0.25) is 5.02 Å². The lowest BCUT2D eigenvalue weighted by Gasteiger charge is -2.31. The summed E-state index contributed by atoms with van der Waals surface area (Å²) in [5.74, 6) is -0.477. The van der Waals surface area contributed by atoms with Crippen LogP contribution in [0, 0.1) is 12.8 Å². The highest BCUT2D eigenvalue weighted by Crippen LogP contribution is 2.31. The molecule has 0 radical (unpaired) electrons. The normalized spacial score (nSPS) is 15.4. The van der Waals surface area contributed by atoms with Crippen molar-refractivity contribution in [3.8, 4) is 0 Å². The lowest BCUT2D eigenvalue weighted by Crippen LogP contribution is -2.40. The van der Waals surface area contributed by atoms with E-state index < -0.39 is 17.6 Å². The summed E-state index contributed by atoms with van der Waals surface area (Å²) < 4.78 is 39.1. The molecular weight excluding hydrogens is 403 g/mol. The summed E-state index contributed by atoms with van der Waals surface area (Å²) in [7, 11) is 0. The maximum atomic E-state index is 13.0. The van der Waals surface area contributed by atoms with Gasteiger partial charge in [0.05, 0.1) is 5.56 Å². The van der Waals surface area contributed by atoms with Crippen LogP contribution in [0.1, 0.15) is 39.9 Å². The van der Waals surface area contributed by atoms with Gasteiger partial charge < -0.3 is 4.90 Å². The average molecular weight is 424 g/mol. The van der Waals surface area contributed by atoms with Crippen LogP contribution in [-0.4, -0.2) is 29.7 Å². The fourth-order valence-electron chi connectivity index (χ4n) is 3.61. The number of hydrogen-bond donors (Lipinski definition) is 0. The molecule has 1 fully saturated rings. The van der Waals surface area contributed by atoms with Gasteiger partial charge in [0.2, 0.25) is 0 Å². The number of carbonyl (C=O) groups excluding carboxylic acids is 2. The summed E-state index contributed by atoms with van der Waals surface area (Å²) in [6.45, 7) is 2.24. The number of carbonyl (C=O) groups is 2. The van der Waals surface area contributed by atoms with E-state index in [9.17, 15) is 22.8 Å². The zero-order chi connectivity index (χ0) is 21.2. The van der Waals surface area contributed by atoms with Crippen molar-refractivity contribution < 1.29 is 22.8 Å². The second-order valence-electron chi connectivity index (χ2n) is 7.42. The van der Waals surface area contributed by atoms with Gasteiger partial charge in [-0.1, -0.05) is 23.7 Å². The van der Waals surface area contributed by atoms with Crippen LogP contribution in [-0.2, 0) is 17.4 Å². The highest BCUT2D eigenvalue weighted by atomic mass is 35.5. The molecule has 7 heteroatoms. The average Bonchev–Trinajstić information content (AvgIpc) is 2.68. The Morgan fingerprint density at radius 1 is 1.07 bits per heavy atom. The summed E-state index contributed by atoms with van der Waals surface area (Å²) in [4.78, 5) is 26.8. The lowest BCUT2D eigenvalue weighted by atomic mass is 9.89. The quantitative estimate of drug-likeness (QED) is 0.666. The number of amides is 1. The van der Waals surface area contributed by atoms with E-state index >= 15 is 0 Å². The van der Waals surface area contributed by atoms with Crippen LogP contribution < -0.4 is 0 Å². The van der Waals surface area contributed by atoms with E-state index in [4.69, 9.17) is 11.6 Å². The molecule has 1 aliphatic rings. The Kier molecular flexibility index (Phi) is 6.32. The number of piperidine rings is 1. The maximum absolute atomic E-state index is 13.0. The largest absolute Gasteiger partial charge is 0.416 e. The van der Waals surface area contributed by atoms with Gasteiger partial charge in [-0.25, -0.2) is 0 Å². The van der Waals surface area contributed by atoms with Crippen LogP contribution in [0.3, 0.4) is 0 Å². The van der Waals surface area contributed by atoms with Crippen molar-refractivity contribution >= 4 is 23.3 Å². The third-order valence-corrected chi connectivity index (χ3v) is 5.43. The number of ketones is 1. The molecule has 29 heavy (non-hydrogen) atoms. The molecule has 154 valence electrons. The predicted octanol–water partition coefficient (Wildman–Crippen LogP) is 5.33. The number of likely N-dealkylation sites (tertiary alicyclic amines) is 1. The van der Waals surface area contributed by atoms with Gasteiger partial charge in [0.15, 0.2) is 0 Å². The molecule has 0 saturated carbocycles. The molecule has 1 heterocycles. The molecule has 3 nitrogen and oxygen atoms in total. The van der Waals surface area contributed by atoms with Gasteiger partial charge in [-0.05, 0) is 61.2 Å². The van der Waals surface area contributed by atoms with Gasteiger partial charge in [0.25, 0.3) is 5.91 Å². The molecule has 2 aromatic carbocycles. The van der Waals surface area contributed by atoms with Gasteiger partial charge >= 0.3 is 6.18 Å². The Bertz CT molecular complexity index is 901. The van der Waals surface area contributed by atoms with E-state index in [0.717, 1.165) is 17.7 Å². The molecule has 0 spiro atoms. The molecule has 1 aliphatic heterocycles. The molecule has 0 aliphatic carbocycles. The fourth-order valence-corrected chi connectivity index (χ4v) is 3.73.